The molecule has 0 aromatic heterocycles. The predicted octanol–water partition coefficient (Wildman–Crippen LogP) is 0.0565. The van der Waals surface area contributed by atoms with Crippen LogP contribution in [0.5, 0.6) is 0 Å². The van der Waals surface area contributed by atoms with Gasteiger partial charge in [0.25, 0.3) is 0 Å². The second kappa shape index (κ2) is 5.50. The van der Waals surface area contributed by atoms with Crippen molar-refractivity contribution in [2.45, 2.75) is 32.2 Å². The van der Waals surface area contributed by atoms with Crippen LogP contribution in [0.4, 0.5) is 0 Å². The molecule has 0 aliphatic carbocycles. The van der Waals surface area contributed by atoms with E-state index in [2.05, 4.69) is 17.3 Å². The van der Waals surface area contributed by atoms with Gasteiger partial charge in [-0.3, -0.25) is 11.3 Å². The van der Waals surface area contributed by atoms with Gasteiger partial charge in [-0.15, -0.1) is 11.8 Å². The van der Waals surface area contributed by atoms with Crippen LogP contribution in [-0.2, 0) is 9.84 Å². The number of hydrogen-bond acceptors (Lipinski definition) is 4. The lowest BCUT2D eigenvalue weighted by atomic mass is 9.98. The van der Waals surface area contributed by atoms with E-state index in [1.54, 1.807) is 6.92 Å². The Kier molecular flexibility index (Phi) is 4.58. The van der Waals surface area contributed by atoms with E-state index in [1.807, 2.05) is 0 Å². The maximum atomic E-state index is 11.2. The molecule has 0 amide bonds. The number of nitrogens with two attached hydrogens (primary N) is 1. The summed E-state index contributed by atoms with van der Waals surface area (Å²) >= 11 is 0. The zero-order chi connectivity index (χ0) is 11.3. The van der Waals surface area contributed by atoms with Crippen molar-refractivity contribution >= 4 is 9.84 Å². The Balaban J connectivity index is 2.42. The number of sulfone groups is 1. The summed E-state index contributed by atoms with van der Waals surface area (Å²) in [5.41, 5.74) is 2.69. The molecule has 1 fully saturated rings. The summed E-state index contributed by atoms with van der Waals surface area (Å²) < 4.78 is 22.5. The molecule has 1 saturated heterocycles. The van der Waals surface area contributed by atoms with Gasteiger partial charge in [0, 0.05) is 12.5 Å². The second-order valence-corrected chi connectivity index (χ2v) is 6.23. The van der Waals surface area contributed by atoms with Gasteiger partial charge >= 0.3 is 0 Å². The normalized spacial score (nSPS) is 25.6. The zero-order valence-electron chi connectivity index (χ0n) is 8.99. The van der Waals surface area contributed by atoms with Crippen LogP contribution < -0.4 is 11.3 Å². The lowest BCUT2D eigenvalue weighted by molar-refractivity contribution is 0.416. The summed E-state index contributed by atoms with van der Waals surface area (Å²) in [5.74, 6) is 12.0. The van der Waals surface area contributed by atoms with Gasteiger partial charge in [0.15, 0.2) is 9.84 Å². The monoisotopic (exact) mass is 230 g/mol. The molecule has 1 aliphatic rings. The molecule has 0 saturated carbocycles. The molecule has 0 radical (unpaired) electrons. The summed E-state index contributed by atoms with van der Waals surface area (Å²) in [6.45, 7) is 1.79. The van der Waals surface area contributed by atoms with E-state index >= 15 is 0 Å². The Morgan fingerprint density at radius 3 is 2.80 bits per heavy atom. The highest BCUT2D eigenvalue weighted by Crippen LogP contribution is 2.23. The highest BCUT2D eigenvalue weighted by molar-refractivity contribution is 7.91. The molecule has 3 N–H and O–H groups in total. The molecule has 1 aliphatic heterocycles. The topological polar surface area (TPSA) is 72.2 Å². The van der Waals surface area contributed by atoms with Crippen molar-refractivity contribution in [3.63, 3.8) is 0 Å². The summed E-state index contributed by atoms with van der Waals surface area (Å²) in [5, 5.41) is 0. The Hall–Kier alpha value is -0.570. The first-order valence-electron chi connectivity index (χ1n) is 5.13. The van der Waals surface area contributed by atoms with E-state index in [4.69, 9.17) is 5.84 Å². The molecule has 1 rings (SSSR count). The van der Waals surface area contributed by atoms with E-state index in [9.17, 15) is 8.42 Å². The van der Waals surface area contributed by atoms with Crippen molar-refractivity contribution in [2.75, 3.05) is 11.5 Å². The average molecular weight is 230 g/mol. The zero-order valence-corrected chi connectivity index (χ0v) is 9.81. The van der Waals surface area contributed by atoms with Gasteiger partial charge < -0.3 is 0 Å². The quantitative estimate of drug-likeness (QED) is 0.407. The van der Waals surface area contributed by atoms with Crippen LogP contribution in [0.25, 0.3) is 0 Å². The molecule has 5 heteroatoms. The van der Waals surface area contributed by atoms with Crippen molar-refractivity contribution < 1.29 is 8.42 Å². The highest BCUT2D eigenvalue weighted by atomic mass is 32.2. The fraction of sp³-hybridized carbons (Fsp3) is 0.800. The lowest BCUT2D eigenvalue weighted by Gasteiger charge is -2.16. The lowest BCUT2D eigenvalue weighted by Crippen LogP contribution is -2.36. The third-order valence-electron chi connectivity index (χ3n) is 2.71. The van der Waals surface area contributed by atoms with Crippen molar-refractivity contribution in [3.05, 3.63) is 0 Å². The summed E-state index contributed by atoms with van der Waals surface area (Å²) in [6.07, 6.45) is 2.24. The SMILES string of the molecule is CC#CCC(CC1CCS(=O)(=O)C1)NN. The van der Waals surface area contributed by atoms with E-state index in [0.717, 1.165) is 12.8 Å². The predicted molar refractivity (Wildman–Crippen MR) is 60.6 cm³/mol. The summed E-state index contributed by atoms with van der Waals surface area (Å²) in [7, 11) is -2.77. The Bertz CT molecular complexity index is 353. The summed E-state index contributed by atoms with van der Waals surface area (Å²) in [6, 6.07) is 0.107. The first-order chi connectivity index (χ1) is 7.07. The average Bonchev–Trinajstić information content (AvgIpc) is 2.52. The van der Waals surface area contributed by atoms with Gasteiger partial charge in [-0.05, 0) is 25.7 Å². The van der Waals surface area contributed by atoms with E-state index in [-0.39, 0.29) is 12.0 Å². The first kappa shape index (κ1) is 12.5. The second-order valence-electron chi connectivity index (χ2n) is 4.00. The fourth-order valence-corrected chi connectivity index (χ4v) is 3.78. The molecule has 2 atom stereocenters. The minimum absolute atomic E-state index is 0.107. The molecular formula is C10H18N2O2S. The Labute approximate surface area is 91.5 Å². The number of nitrogens with one attached hydrogen (secondary N) is 1. The van der Waals surface area contributed by atoms with Crippen LogP contribution in [0.3, 0.4) is 0 Å². The molecule has 1 heterocycles. The van der Waals surface area contributed by atoms with Crippen molar-refractivity contribution in [3.8, 4) is 11.8 Å². The molecule has 0 aromatic rings. The molecule has 0 aromatic carbocycles. The number of hydrogen-bond donors (Lipinski definition) is 2. The number of rotatable bonds is 4. The van der Waals surface area contributed by atoms with Crippen LogP contribution in [0.2, 0.25) is 0 Å². The smallest absolute Gasteiger partial charge is 0.150 e. The van der Waals surface area contributed by atoms with Gasteiger partial charge in [0.1, 0.15) is 0 Å². The van der Waals surface area contributed by atoms with Crippen molar-refractivity contribution in [1.82, 2.24) is 5.43 Å². The maximum absolute atomic E-state index is 11.2. The molecule has 2 unspecified atom stereocenters. The molecule has 0 spiro atoms. The van der Waals surface area contributed by atoms with Crippen LogP contribution in [-0.4, -0.2) is 26.0 Å². The van der Waals surface area contributed by atoms with Gasteiger partial charge in [0.2, 0.25) is 0 Å². The van der Waals surface area contributed by atoms with Crippen LogP contribution >= 0.6 is 0 Å². The van der Waals surface area contributed by atoms with Gasteiger partial charge in [0.05, 0.1) is 11.5 Å². The van der Waals surface area contributed by atoms with Crippen LogP contribution in [0, 0.1) is 17.8 Å². The van der Waals surface area contributed by atoms with E-state index in [1.165, 1.54) is 0 Å². The highest BCUT2D eigenvalue weighted by Gasteiger charge is 2.29. The minimum Gasteiger partial charge on any atom is -0.271 e. The van der Waals surface area contributed by atoms with Gasteiger partial charge in [-0.25, -0.2) is 8.42 Å². The van der Waals surface area contributed by atoms with E-state index in [0.29, 0.717) is 17.9 Å². The number of hydrazine groups is 1. The van der Waals surface area contributed by atoms with Crippen LogP contribution in [0.15, 0.2) is 0 Å². The van der Waals surface area contributed by atoms with Gasteiger partial charge in [-0.2, -0.15) is 0 Å². The fourth-order valence-electron chi connectivity index (χ4n) is 1.90. The third-order valence-corrected chi connectivity index (χ3v) is 4.54. The van der Waals surface area contributed by atoms with Gasteiger partial charge in [-0.1, -0.05) is 0 Å². The maximum Gasteiger partial charge on any atom is 0.150 e. The molecule has 4 nitrogen and oxygen atoms in total. The van der Waals surface area contributed by atoms with Crippen molar-refractivity contribution in [2.24, 2.45) is 11.8 Å². The minimum atomic E-state index is -2.77. The van der Waals surface area contributed by atoms with E-state index < -0.39 is 9.84 Å². The molecule has 86 valence electrons. The third kappa shape index (κ3) is 4.20. The summed E-state index contributed by atoms with van der Waals surface area (Å²) in [4.78, 5) is 0. The van der Waals surface area contributed by atoms with Crippen molar-refractivity contribution in [1.29, 1.82) is 0 Å². The standard InChI is InChI=1S/C10H18N2O2S/c1-2-3-4-10(12-11)7-9-5-6-15(13,14)8-9/h9-10,12H,4-8,11H2,1H3. The van der Waals surface area contributed by atoms with Crippen LogP contribution in [0.1, 0.15) is 26.2 Å². The Morgan fingerprint density at radius 2 is 2.33 bits per heavy atom. The largest absolute Gasteiger partial charge is 0.271 e. The first-order valence-corrected chi connectivity index (χ1v) is 6.95. The molecule has 15 heavy (non-hydrogen) atoms. The molecular weight excluding hydrogens is 212 g/mol. The Morgan fingerprint density at radius 1 is 1.60 bits per heavy atom. The molecule has 0 bridgehead atoms.